The molecule has 186 valence electrons. The number of hydrogen-bond donors (Lipinski definition) is 2. The van der Waals surface area contributed by atoms with E-state index in [-0.39, 0.29) is 36.2 Å². The van der Waals surface area contributed by atoms with Crippen LogP contribution in [0.25, 0.3) is 0 Å². The molecule has 2 aromatic rings. The number of ether oxygens (including phenoxy) is 3. The average molecular weight is 490 g/mol. The molecule has 1 aromatic heterocycles. The molecule has 1 aromatic carbocycles. The summed E-state index contributed by atoms with van der Waals surface area (Å²) in [7, 11) is 0. The van der Waals surface area contributed by atoms with Gasteiger partial charge in [0.1, 0.15) is 5.75 Å². The number of carbonyl (C=O) groups excluding carboxylic acids is 2. The molecule has 0 radical (unpaired) electrons. The van der Waals surface area contributed by atoms with Gasteiger partial charge in [-0.2, -0.15) is 5.26 Å². The average Bonchev–Trinajstić information content (AvgIpc) is 2.92. The van der Waals surface area contributed by atoms with Crippen molar-refractivity contribution in [1.82, 2.24) is 10.3 Å². The Morgan fingerprint density at radius 2 is 1.89 bits per heavy atom. The lowest BCUT2D eigenvalue weighted by molar-refractivity contribution is -0.164. The zero-order valence-electron chi connectivity index (χ0n) is 19.8. The van der Waals surface area contributed by atoms with Crippen LogP contribution >= 0.6 is 0 Å². The van der Waals surface area contributed by atoms with Gasteiger partial charge in [0.15, 0.2) is 24.8 Å². The Bertz CT molecular complexity index is 1250. The fourth-order valence-electron chi connectivity index (χ4n) is 5.53. The van der Waals surface area contributed by atoms with Gasteiger partial charge in [-0.05, 0) is 62.4 Å². The van der Waals surface area contributed by atoms with Crippen molar-refractivity contribution < 1.29 is 23.8 Å². The summed E-state index contributed by atoms with van der Waals surface area (Å²) in [4.78, 5) is 30.5. The maximum atomic E-state index is 12.6. The molecule has 7 rings (SSSR count). The first-order valence-electron chi connectivity index (χ1n) is 12.3. The largest absolute Gasteiger partial charge is 0.482 e. The molecule has 1 saturated carbocycles. The van der Waals surface area contributed by atoms with E-state index in [0.717, 1.165) is 37.8 Å². The lowest BCUT2D eigenvalue weighted by Crippen LogP contribution is -2.62. The van der Waals surface area contributed by atoms with Crippen molar-refractivity contribution in [3.63, 3.8) is 0 Å². The fourth-order valence-corrected chi connectivity index (χ4v) is 5.53. The van der Waals surface area contributed by atoms with Gasteiger partial charge in [0.25, 0.3) is 11.8 Å². The number of aromatic nitrogens is 1. The van der Waals surface area contributed by atoms with Crippen LogP contribution in [0.5, 0.6) is 11.5 Å². The molecule has 10 nitrogen and oxygen atoms in total. The van der Waals surface area contributed by atoms with Gasteiger partial charge in [0.05, 0.1) is 35.2 Å². The zero-order valence-corrected chi connectivity index (χ0v) is 19.8. The summed E-state index contributed by atoms with van der Waals surface area (Å²) in [5, 5.41) is 15.7. The van der Waals surface area contributed by atoms with Gasteiger partial charge in [-0.15, -0.1) is 0 Å². The van der Waals surface area contributed by atoms with Crippen molar-refractivity contribution in [2.45, 2.75) is 49.8 Å². The smallest absolute Gasteiger partial charge is 0.265 e. The van der Waals surface area contributed by atoms with Crippen LogP contribution in [0.15, 0.2) is 30.3 Å². The number of nitrogens with one attached hydrogen (secondary N) is 2. The van der Waals surface area contributed by atoms with E-state index in [4.69, 9.17) is 14.2 Å². The molecule has 10 heteroatoms. The van der Waals surface area contributed by atoms with E-state index >= 15 is 0 Å². The van der Waals surface area contributed by atoms with Gasteiger partial charge in [-0.3, -0.25) is 9.59 Å². The van der Waals surface area contributed by atoms with Crippen LogP contribution in [0.2, 0.25) is 0 Å². The number of nitriles is 1. The Hall–Kier alpha value is -3.68. The maximum absolute atomic E-state index is 12.6. The second kappa shape index (κ2) is 8.76. The fraction of sp³-hybridized carbons (Fsp3) is 0.462. The molecule has 0 unspecified atom stereocenters. The van der Waals surface area contributed by atoms with Crippen molar-refractivity contribution in [2.75, 3.05) is 36.6 Å². The highest BCUT2D eigenvalue weighted by molar-refractivity contribution is 5.98. The minimum absolute atomic E-state index is 0.00627. The number of carbonyl (C=O) groups is 2. The Morgan fingerprint density at radius 1 is 1.08 bits per heavy atom. The lowest BCUT2D eigenvalue weighted by atomic mass is 9.70. The van der Waals surface area contributed by atoms with Crippen molar-refractivity contribution in [3.8, 4) is 17.6 Å². The molecule has 0 atom stereocenters. The van der Waals surface area contributed by atoms with E-state index in [1.165, 1.54) is 0 Å². The number of fused-ring (bicyclic) bond motifs is 5. The summed E-state index contributed by atoms with van der Waals surface area (Å²) < 4.78 is 17.4. The molecule has 2 N–H and O–H groups in total. The third-order valence-electron chi connectivity index (χ3n) is 7.77. The Kier molecular flexibility index (Phi) is 5.54. The Morgan fingerprint density at radius 3 is 2.67 bits per heavy atom. The van der Waals surface area contributed by atoms with Crippen molar-refractivity contribution >= 4 is 23.3 Å². The number of amides is 2. The summed E-state index contributed by atoms with van der Waals surface area (Å²) in [6.07, 6.45) is 4.50. The molecule has 2 saturated heterocycles. The van der Waals surface area contributed by atoms with E-state index in [0.29, 0.717) is 48.3 Å². The molecule has 0 spiro atoms. The van der Waals surface area contributed by atoms with Gasteiger partial charge in [0, 0.05) is 18.6 Å². The topological polar surface area (TPSA) is 126 Å². The molecule has 5 heterocycles. The minimum Gasteiger partial charge on any atom is -0.482 e. The first kappa shape index (κ1) is 22.8. The van der Waals surface area contributed by atoms with E-state index in [2.05, 4.69) is 21.7 Å². The van der Waals surface area contributed by atoms with E-state index < -0.39 is 0 Å². The van der Waals surface area contributed by atoms with E-state index in [1.54, 1.807) is 23.1 Å². The van der Waals surface area contributed by atoms with Gasteiger partial charge in [-0.25, -0.2) is 4.98 Å². The molecule has 1 aliphatic carbocycles. The first-order chi connectivity index (χ1) is 17.5. The maximum Gasteiger partial charge on any atom is 0.265 e. The minimum atomic E-state index is -0.249. The van der Waals surface area contributed by atoms with Crippen molar-refractivity contribution in [1.29, 1.82) is 5.26 Å². The van der Waals surface area contributed by atoms with Crippen LogP contribution in [0, 0.1) is 11.3 Å². The van der Waals surface area contributed by atoms with E-state index in [1.807, 2.05) is 12.1 Å². The molecule has 5 aliphatic rings. The summed E-state index contributed by atoms with van der Waals surface area (Å²) in [5.41, 5.74) is 1.63. The Balaban J connectivity index is 1.07. The number of hydrogen-bond acceptors (Lipinski definition) is 8. The lowest BCUT2D eigenvalue weighted by Gasteiger charge is -2.54. The van der Waals surface area contributed by atoms with Crippen LogP contribution in [-0.4, -0.2) is 54.3 Å². The highest BCUT2D eigenvalue weighted by Gasteiger charge is 2.49. The number of rotatable bonds is 6. The number of nitrogens with zero attached hydrogens (tertiary/aromatic N) is 3. The van der Waals surface area contributed by atoms with Gasteiger partial charge in [-0.1, -0.05) is 0 Å². The molecule has 2 bridgehead atoms. The normalized spacial score (nSPS) is 26.2. The van der Waals surface area contributed by atoms with Crippen LogP contribution in [0.4, 0.5) is 11.5 Å². The molecule has 3 fully saturated rings. The van der Waals surface area contributed by atoms with Crippen LogP contribution in [0.1, 0.15) is 43.4 Å². The van der Waals surface area contributed by atoms with Gasteiger partial charge >= 0.3 is 0 Å². The Labute approximate surface area is 208 Å². The van der Waals surface area contributed by atoms with Crippen LogP contribution in [0.3, 0.4) is 0 Å². The third-order valence-corrected chi connectivity index (χ3v) is 7.77. The molecule has 2 amide bonds. The number of pyridine rings is 1. The molecule has 36 heavy (non-hydrogen) atoms. The highest BCUT2D eigenvalue weighted by atomic mass is 16.5. The summed E-state index contributed by atoms with van der Waals surface area (Å²) in [6, 6.07) is 11.0. The molecule has 4 aliphatic heterocycles. The second-order valence-electron chi connectivity index (χ2n) is 9.97. The molecular weight excluding hydrogens is 462 g/mol. The summed E-state index contributed by atoms with van der Waals surface area (Å²) >= 11 is 0. The standard InChI is InChI=1S/C26H27N5O5/c27-12-17-1-3-20-19(11-17)31(23(33)15-35-20)10-9-26-7-5-25(6-8-26,16-36-26)28-13-18-2-4-21-24(29-18)30-22(32)14-34-21/h1-4,11,28H,5-10,13-16H2,(H,29,30,32). The van der Waals surface area contributed by atoms with Crippen molar-refractivity contribution in [3.05, 3.63) is 41.6 Å². The highest BCUT2D eigenvalue weighted by Crippen LogP contribution is 2.46. The summed E-state index contributed by atoms with van der Waals surface area (Å²) in [5.74, 6) is 1.38. The monoisotopic (exact) mass is 489 g/mol. The van der Waals surface area contributed by atoms with Crippen molar-refractivity contribution in [2.24, 2.45) is 0 Å². The predicted molar refractivity (Wildman–Crippen MR) is 129 cm³/mol. The second-order valence-corrected chi connectivity index (χ2v) is 9.97. The molecular formula is C26H27N5O5. The van der Waals surface area contributed by atoms with E-state index in [9.17, 15) is 14.9 Å². The van der Waals surface area contributed by atoms with Crippen LogP contribution < -0.4 is 25.0 Å². The third kappa shape index (κ3) is 4.14. The SMILES string of the molecule is N#Cc1ccc2c(c1)N(CCC13CCC(NCc4ccc5c(n4)NC(=O)CO5)(CC1)CO3)C(=O)CO2. The quantitative estimate of drug-likeness (QED) is 0.633. The van der Waals surface area contributed by atoms with Gasteiger partial charge < -0.3 is 29.7 Å². The van der Waals surface area contributed by atoms with Crippen LogP contribution in [-0.2, 0) is 20.9 Å². The predicted octanol–water partition coefficient (Wildman–Crippen LogP) is 2.27. The summed E-state index contributed by atoms with van der Waals surface area (Å²) in [6.45, 7) is 1.72. The zero-order chi connectivity index (χ0) is 24.8. The number of anilines is 2. The number of benzene rings is 1. The van der Waals surface area contributed by atoms with Gasteiger partial charge in [0.2, 0.25) is 0 Å². The first-order valence-corrected chi connectivity index (χ1v) is 12.3.